The fourth-order valence-corrected chi connectivity index (χ4v) is 5.25. The number of likely N-dealkylation sites (tertiary alicyclic amines) is 2. The van der Waals surface area contributed by atoms with E-state index in [9.17, 15) is 14.4 Å². The van der Waals surface area contributed by atoms with E-state index in [4.69, 9.17) is 4.74 Å². The SMILES string of the molecule is O=C1CCCCN1CC(=O)N1CC[C@@]23O[C@@H](c4ccccc4)CN2C(=O)C[C@@H]13. The van der Waals surface area contributed by atoms with Gasteiger partial charge in [0.25, 0.3) is 0 Å². The smallest absolute Gasteiger partial charge is 0.242 e. The van der Waals surface area contributed by atoms with Crippen molar-refractivity contribution in [3.8, 4) is 0 Å². The zero-order valence-electron chi connectivity index (χ0n) is 15.9. The summed E-state index contributed by atoms with van der Waals surface area (Å²) < 4.78 is 6.48. The van der Waals surface area contributed by atoms with Crippen molar-refractivity contribution in [3.63, 3.8) is 0 Å². The van der Waals surface area contributed by atoms with Crippen LogP contribution in [0.1, 0.15) is 43.8 Å². The molecule has 4 fully saturated rings. The van der Waals surface area contributed by atoms with Crippen LogP contribution in [-0.2, 0) is 19.1 Å². The summed E-state index contributed by atoms with van der Waals surface area (Å²) in [7, 11) is 0. The van der Waals surface area contributed by atoms with Gasteiger partial charge in [0, 0.05) is 25.9 Å². The highest BCUT2D eigenvalue weighted by molar-refractivity contribution is 5.88. The average molecular weight is 383 g/mol. The third-order valence-corrected chi connectivity index (χ3v) is 6.67. The highest BCUT2D eigenvalue weighted by atomic mass is 16.5. The lowest BCUT2D eigenvalue weighted by Gasteiger charge is -2.33. The Morgan fingerprint density at radius 3 is 2.71 bits per heavy atom. The lowest BCUT2D eigenvalue weighted by atomic mass is 10.1. The van der Waals surface area contributed by atoms with Gasteiger partial charge < -0.3 is 19.4 Å². The van der Waals surface area contributed by atoms with E-state index in [1.807, 2.05) is 35.2 Å². The van der Waals surface area contributed by atoms with Crippen LogP contribution in [0.15, 0.2) is 30.3 Å². The van der Waals surface area contributed by atoms with E-state index < -0.39 is 5.72 Å². The second-order valence-electron chi connectivity index (χ2n) is 8.20. The van der Waals surface area contributed by atoms with E-state index in [1.54, 1.807) is 9.80 Å². The molecule has 148 valence electrons. The predicted octanol–water partition coefficient (Wildman–Crippen LogP) is 1.30. The van der Waals surface area contributed by atoms with E-state index in [0.29, 0.717) is 38.9 Å². The Labute approximate surface area is 164 Å². The third-order valence-electron chi connectivity index (χ3n) is 6.67. The maximum atomic E-state index is 13.0. The molecule has 0 aliphatic carbocycles. The first-order chi connectivity index (χ1) is 13.6. The number of hydrogen-bond acceptors (Lipinski definition) is 4. The van der Waals surface area contributed by atoms with E-state index >= 15 is 0 Å². The van der Waals surface area contributed by atoms with Crippen LogP contribution >= 0.6 is 0 Å². The van der Waals surface area contributed by atoms with E-state index in [-0.39, 0.29) is 36.4 Å². The van der Waals surface area contributed by atoms with Crippen molar-refractivity contribution in [2.24, 2.45) is 0 Å². The van der Waals surface area contributed by atoms with Crippen LogP contribution in [0, 0.1) is 0 Å². The highest BCUT2D eigenvalue weighted by Crippen LogP contribution is 2.50. The van der Waals surface area contributed by atoms with Crippen molar-refractivity contribution in [1.29, 1.82) is 0 Å². The summed E-state index contributed by atoms with van der Waals surface area (Å²) in [6.45, 7) is 1.86. The summed E-state index contributed by atoms with van der Waals surface area (Å²) in [6, 6.07) is 9.68. The molecule has 3 atom stereocenters. The van der Waals surface area contributed by atoms with Crippen molar-refractivity contribution in [1.82, 2.24) is 14.7 Å². The van der Waals surface area contributed by atoms with Gasteiger partial charge in [0.15, 0.2) is 5.72 Å². The van der Waals surface area contributed by atoms with Gasteiger partial charge in [-0.3, -0.25) is 14.4 Å². The number of rotatable bonds is 3. The number of benzene rings is 1. The molecule has 4 saturated heterocycles. The first-order valence-corrected chi connectivity index (χ1v) is 10.2. The van der Waals surface area contributed by atoms with Gasteiger partial charge in [0.05, 0.1) is 25.6 Å². The molecule has 4 aliphatic heterocycles. The fraction of sp³-hybridized carbons (Fsp3) is 0.571. The Balaban J connectivity index is 1.34. The van der Waals surface area contributed by atoms with Crippen molar-refractivity contribution in [2.75, 3.05) is 26.2 Å². The Morgan fingerprint density at radius 1 is 1.11 bits per heavy atom. The van der Waals surface area contributed by atoms with Gasteiger partial charge in [-0.15, -0.1) is 0 Å². The van der Waals surface area contributed by atoms with E-state index in [1.165, 1.54) is 0 Å². The number of carbonyl (C=O) groups is 3. The minimum Gasteiger partial charge on any atom is -0.343 e. The molecule has 28 heavy (non-hydrogen) atoms. The lowest BCUT2D eigenvalue weighted by Crippen LogP contribution is -2.51. The summed E-state index contributed by atoms with van der Waals surface area (Å²) in [4.78, 5) is 43.0. The first-order valence-electron chi connectivity index (χ1n) is 10.2. The zero-order valence-corrected chi connectivity index (χ0v) is 15.9. The van der Waals surface area contributed by atoms with Gasteiger partial charge in [-0.25, -0.2) is 0 Å². The molecule has 1 aromatic carbocycles. The zero-order chi connectivity index (χ0) is 19.3. The largest absolute Gasteiger partial charge is 0.343 e. The van der Waals surface area contributed by atoms with Crippen molar-refractivity contribution in [3.05, 3.63) is 35.9 Å². The second kappa shape index (κ2) is 6.58. The van der Waals surface area contributed by atoms with Crippen molar-refractivity contribution < 1.29 is 19.1 Å². The Morgan fingerprint density at radius 2 is 1.93 bits per heavy atom. The molecule has 0 radical (unpaired) electrons. The van der Waals surface area contributed by atoms with Gasteiger partial charge >= 0.3 is 0 Å². The maximum Gasteiger partial charge on any atom is 0.242 e. The monoisotopic (exact) mass is 383 g/mol. The molecule has 5 rings (SSSR count). The summed E-state index contributed by atoms with van der Waals surface area (Å²) in [5.41, 5.74) is 0.348. The first kappa shape index (κ1) is 17.7. The van der Waals surface area contributed by atoms with Crippen LogP contribution in [0.5, 0.6) is 0 Å². The second-order valence-corrected chi connectivity index (χ2v) is 8.20. The molecule has 4 heterocycles. The Kier molecular flexibility index (Phi) is 4.16. The quantitative estimate of drug-likeness (QED) is 0.789. The highest BCUT2D eigenvalue weighted by Gasteiger charge is 2.64. The van der Waals surface area contributed by atoms with Crippen LogP contribution in [0.25, 0.3) is 0 Å². The number of piperidine rings is 1. The van der Waals surface area contributed by atoms with Crippen LogP contribution in [-0.4, -0.2) is 70.4 Å². The predicted molar refractivity (Wildman–Crippen MR) is 99.9 cm³/mol. The summed E-state index contributed by atoms with van der Waals surface area (Å²) >= 11 is 0. The molecular formula is C21H25N3O4. The molecule has 0 bridgehead atoms. The Hall–Kier alpha value is -2.41. The third kappa shape index (κ3) is 2.64. The average Bonchev–Trinajstić information content (AvgIpc) is 3.33. The molecule has 1 spiro atoms. The van der Waals surface area contributed by atoms with Crippen LogP contribution < -0.4 is 0 Å². The molecule has 0 saturated carbocycles. The number of ether oxygens (including phenoxy) is 1. The number of amides is 3. The molecule has 0 N–H and O–H groups in total. The molecule has 4 aliphatic rings. The van der Waals surface area contributed by atoms with Gasteiger partial charge in [-0.2, -0.15) is 0 Å². The Bertz CT molecular complexity index is 813. The summed E-state index contributed by atoms with van der Waals surface area (Å²) in [6.07, 6.45) is 3.15. The standard InChI is InChI=1S/C21H25N3O4/c25-18-8-4-5-10-22(18)14-20(27)23-11-9-21-17(23)12-19(26)24(21)13-16(28-21)15-6-2-1-3-7-15/h1-3,6-7,16-17H,4-5,8-14H2/t16-,17-,21+/m1/s1. The molecule has 0 unspecified atom stereocenters. The van der Waals surface area contributed by atoms with Crippen molar-refractivity contribution in [2.45, 2.75) is 50.0 Å². The minimum atomic E-state index is -0.709. The van der Waals surface area contributed by atoms with Crippen LogP contribution in [0.2, 0.25) is 0 Å². The van der Waals surface area contributed by atoms with Gasteiger partial charge in [-0.1, -0.05) is 30.3 Å². The molecule has 1 aromatic rings. The molecular weight excluding hydrogens is 358 g/mol. The minimum absolute atomic E-state index is 0.0509. The molecule has 0 aromatic heterocycles. The number of carbonyl (C=O) groups excluding carboxylic acids is 3. The van der Waals surface area contributed by atoms with E-state index in [2.05, 4.69) is 0 Å². The molecule has 3 amide bonds. The van der Waals surface area contributed by atoms with Crippen molar-refractivity contribution >= 4 is 17.7 Å². The molecule has 7 nitrogen and oxygen atoms in total. The van der Waals surface area contributed by atoms with Crippen LogP contribution in [0.3, 0.4) is 0 Å². The maximum absolute atomic E-state index is 13.0. The van der Waals surface area contributed by atoms with Gasteiger partial charge in [0.2, 0.25) is 17.7 Å². The van der Waals surface area contributed by atoms with Crippen LogP contribution in [0.4, 0.5) is 0 Å². The summed E-state index contributed by atoms with van der Waals surface area (Å²) in [5, 5.41) is 0. The van der Waals surface area contributed by atoms with Gasteiger partial charge in [0.1, 0.15) is 6.10 Å². The normalized spacial score (nSPS) is 32.1. The van der Waals surface area contributed by atoms with E-state index in [0.717, 1.165) is 18.4 Å². The lowest BCUT2D eigenvalue weighted by molar-refractivity contribution is -0.146. The topological polar surface area (TPSA) is 70.2 Å². The summed E-state index contributed by atoms with van der Waals surface area (Å²) in [5.74, 6) is 0.0346. The van der Waals surface area contributed by atoms with Gasteiger partial charge in [-0.05, 0) is 18.4 Å². The fourth-order valence-electron chi connectivity index (χ4n) is 5.25. The number of nitrogens with zero attached hydrogens (tertiary/aromatic N) is 3. The molecule has 7 heteroatoms. The number of hydrogen-bond donors (Lipinski definition) is 0.